The van der Waals surface area contributed by atoms with Gasteiger partial charge in [0, 0.05) is 17.2 Å². The molecule has 1 unspecified atom stereocenters. The van der Waals surface area contributed by atoms with E-state index in [9.17, 15) is 4.79 Å². The summed E-state index contributed by atoms with van der Waals surface area (Å²) >= 11 is 1.42. The highest BCUT2D eigenvalue weighted by Crippen LogP contribution is 2.46. The lowest BCUT2D eigenvalue weighted by atomic mass is 9.93. The number of fused-ring (bicyclic) bond motifs is 2. The number of ether oxygens (including phenoxy) is 3. The molecule has 2 aromatic rings. The van der Waals surface area contributed by atoms with Gasteiger partial charge in [0.25, 0.3) is 0 Å². The minimum Gasteiger partial charge on any atom is -0.493 e. The molecule has 7 nitrogen and oxygen atoms in total. The molecule has 1 atom stereocenters. The zero-order valence-corrected chi connectivity index (χ0v) is 13.2. The van der Waals surface area contributed by atoms with Crippen molar-refractivity contribution in [3.05, 3.63) is 28.3 Å². The van der Waals surface area contributed by atoms with Gasteiger partial charge in [-0.25, -0.2) is 4.98 Å². The molecule has 3 heterocycles. The van der Waals surface area contributed by atoms with E-state index in [1.807, 2.05) is 12.1 Å². The van der Waals surface area contributed by atoms with E-state index >= 15 is 0 Å². The number of hydrogen-bond acceptors (Lipinski definition) is 7. The van der Waals surface area contributed by atoms with Crippen LogP contribution in [0.3, 0.4) is 0 Å². The van der Waals surface area contributed by atoms with Crippen molar-refractivity contribution in [3.63, 3.8) is 0 Å². The van der Waals surface area contributed by atoms with E-state index in [1.54, 1.807) is 7.11 Å². The molecule has 1 aromatic heterocycles. The van der Waals surface area contributed by atoms with Crippen LogP contribution in [0.15, 0.2) is 12.1 Å². The van der Waals surface area contributed by atoms with Gasteiger partial charge in [-0.15, -0.1) is 11.3 Å². The predicted octanol–water partition coefficient (Wildman–Crippen LogP) is 1.61. The average Bonchev–Trinajstić information content (AvgIpc) is 3.12. The van der Waals surface area contributed by atoms with Crippen molar-refractivity contribution in [2.24, 2.45) is 0 Å². The number of nitrogen functional groups attached to an aromatic ring is 1. The van der Waals surface area contributed by atoms with Crippen LogP contribution in [-0.2, 0) is 11.3 Å². The summed E-state index contributed by atoms with van der Waals surface area (Å²) in [6, 6.07) is 3.78. The Labute approximate surface area is 136 Å². The lowest BCUT2D eigenvalue weighted by Crippen LogP contribution is -2.21. The number of methoxy groups -OCH3 is 1. The van der Waals surface area contributed by atoms with Crippen molar-refractivity contribution in [2.75, 3.05) is 19.6 Å². The Hall–Kier alpha value is -2.48. The first-order valence-corrected chi connectivity index (χ1v) is 7.96. The molecule has 120 valence electrons. The maximum atomic E-state index is 12.1. The molecule has 0 bridgehead atoms. The van der Waals surface area contributed by atoms with Crippen LogP contribution >= 0.6 is 11.3 Å². The number of benzene rings is 1. The topological polar surface area (TPSA) is 95.7 Å². The Morgan fingerprint density at radius 2 is 2.30 bits per heavy atom. The van der Waals surface area contributed by atoms with E-state index < -0.39 is 0 Å². The lowest BCUT2D eigenvalue weighted by Gasteiger charge is -2.16. The van der Waals surface area contributed by atoms with Gasteiger partial charge >= 0.3 is 0 Å². The van der Waals surface area contributed by atoms with Gasteiger partial charge in [0.05, 0.1) is 19.3 Å². The third-order valence-electron chi connectivity index (χ3n) is 3.99. The number of nitrogens with one attached hydrogen (secondary N) is 1. The molecule has 0 aliphatic carbocycles. The Balaban J connectivity index is 1.84. The highest BCUT2D eigenvalue weighted by atomic mass is 32.1. The maximum absolute atomic E-state index is 12.1. The van der Waals surface area contributed by atoms with Crippen LogP contribution in [-0.4, -0.2) is 24.8 Å². The molecule has 0 saturated heterocycles. The van der Waals surface area contributed by atoms with Crippen LogP contribution in [0.5, 0.6) is 17.2 Å². The van der Waals surface area contributed by atoms with Crippen LogP contribution in [0.25, 0.3) is 0 Å². The van der Waals surface area contributed by atoms with Crippen LogP contribution in [0, 0.1) is 0 Å². The SMILES string of the molecule is COc1cc(C2CC(=O)NCc3nc(N)sc32)cc2c1OCO2. The van der Waals surface area contributed by atoms with Crippen molar-refractivity contribution < 1.29 is 19.0 Å². The van der Waals surface area contributed by atoms with Crippen molar-refractivity contribution in [3.8, 4) is 17.2 Å². The van der Waals surface area contributed by atoms with E-state index in [4.69, 9.17) is 19.9 Å². The largest absolute Gasteiger partial charge is 0.493 e. The van der Waals surface area contributed by atoms with Crippen LogP contribution in [0.2, 0.25) is 0 Å². The summed E-state index contributed by atoms with van der Waals surface area (Å²) in [6.07, 6.45) is 0.331. The average molecular weight is 333 g/mol. The molecule has 23 heavy (non-hydrogen) atoms. The summed E-state index contributed by atoms with van der Waals surface area (Å²) in [7, 11) is 1.58. The highest BCUT2D eigenvalue weighted by molar-refractivity contribution is 7.15. The first-order valence-electron chi connectivity index (χ1n) is 7.15. The van der Waals surface area contributed by atoms with Gasteiger partial charge in [0.1, 0.15) is 0 Å². The lowest BCUT2D eigenvalue weighted by molar-refractivity contribution is -0.121. The van der Waals surface area contributed by atoms with Gasteiger partial charge in [0.2, 0.25) is 18.4 Å². The number of rotatable bonds is 2. The number of aromatic nitrogens is 1. The Morgan fingerprint density at radius 3 is 3.13 bits per heavy atom. The van der Waals surface area contributed by atoms with Crippen LogP contribution < -0.4 is 25.3 Å². The molecule has 1 amide bonds. The molecule has 0 radical (unpaired) electrons. The predicted molar refractivity (Wildman–Crippen MR) is 84.0 cm³/mol. The molecule has 8 heteroatoms. The van der Waals surface area contributed by atoms with Crippen molar-refractivity contribution in [1.29, 1.82) is 0 Å². The zero-order valence-electron chi connectivity index (χ0n) is 12.4. The second kappa shape index (κ2) is 5.31. The zero-order chi connectivity index (χ0) is 16.0. The highest BCUT2D eigenvalue weighted by Gasteiger charge is 2.30. The Kier molecular flexibility index (Phi) is 3.26. The molecule has 1 aromatic carbocycles. The molecule has 0 spiro atoms. The minimum absolute atomic E-state index is 0.0181. The Bertz CT molecular complexity index is 789. The number of carbonyl (C=O) groups excluding carboxylic acids is 1. The fraction of sp³-hybridized carbons (Fsp3) is 0.333. The first kappa shape index (κ1) is 14.1. The number of nitrogens with two attached hydrogens (primary N) is 1. The molecule has 0 fully saturated rings. The number of hydrogen-bond donors (Lipinski definition) is 2. The summed E-state index contributed by atoms with van der Waals surface area (Å²) in [6.45, 7) is 0.569. The van der Waals surface area contributed by atoms with E-state index in [2.05, 4.69) is 10.3 Å². The van der Waals surface area contributed by atoms with Gasteiger partial charge in [-0.3, -0.25) is 4.79 Å². The van der Waals surface area contributed by atoms with Crippen molar-refractivity contribution in [1.82, 2.24) is 10.3 Å². The molecular formula is C15H15N3O4S. The molecule has 2 aliphatic heterocycles. The fourth-order valence-electron chi connectivity index (χ4n) is 2.93. The quantitative estimate of drug-likeness (QED) is 0.867. The smallest absolute Gasteiger partial charge is 0.231 e. The minimum atomic E-state index is -0.134. The number of carbonyl (C=O) groups is 1. The molecule has 4 rings (SSSR count). The van der Waals surface area contributed by atoms with Gasteiger partial charge < -0.3 is 25.3 Å². The Morgan fingerprint density at radius 1 is 1.43 bits per heavy atom. The molecule has 3 N–H and O–H groups in total. The number of amides is 1. The third-order valence-corrected chi connectivity index (χ3v) is 5.03. The summed E-state index contributed by atoms with van der Waals surface area (Å²) in [5.41, 5.74) is 7.60. The number of nitrogens with zero attached hydrogens (tertiary/aromatic N) is 1. The first-order chi connectivity index (χ1) is 11.2. The summed E-state index contributed by atoms with van der Waals surface area (Å²) in [5, 5.41) is 3.36. The molecule has 0 saturated carbocycles. The van der Waals surface area contributed by atoms with E-state index in [1.165, 1.54) is 11.3 Å². The molecular weight excluding hydrogens is 318 g/mol. The number of anilines is 1. The monoisotopic (exact) mass is 333 g/mol. The standard InChI is InChI=1S/C15H15N3O4S/c1-20-10-2-7(3-11-13(10)22-6-21-11)8-4-12(19)17-5-9-14(8)23-15(16)18-9/h2-3,8H,4-6H2,1H3,(H2,16,18)(H,17,19). The van der Waals surface area contributed by atoms with Crippen LogP contribution in [0.4, 0.5) is 5.13 Å². The second-order valence-electron chi connectivity index (χ2n) is 5.35. The van der Waals surface area contributed by atoms with Crippen molar-refractivity contribution in [2.45, 2.75) is 18.9 Å². The van der Waals surface area contributed by atoms with Gasteiger partial charge in [-0.1, -0.05) is 0 Å². The summed E-state index contributed by atoms with van der Waals surface area (Å²) in [4.78, 5) is 17.4. The van der Waals surface area contributed by atoms with Gasteiger partial charge in [-0.2, -0.15) is 0 Å². The van der Waals surface area contributed by atoms with E-state index in [0.29, 0.717) is 35.3 Å². The third kappa shape index (κ3) is 2.35. The summed E-state index contributed by atoms with van der Waals surface area (Å²) < 4.78 is 16.3. The maximum Gasteiger partial charge on any atom is 0.231 e. The van der Waals surface area contributed by atoms with E-state index in [0.717, 1.165) is 16.1 Å². The normalized spacial score (nSPS) is 19.0. The van der Waals surface area contributed by atoms with Gasteiger partial charge in [0.15, 0.2) is 16.6 Å². The van der Waals surface area contributed by atoms with E-state index in [-0.39, 0.29) is 18.6 Å². The van der Waals surface area contributed by atoms with Crippen LogP contribution in [0.1, 0.15) is 28.5 Å². The van der Waals surface area contributed by atoms with Gasteiger partial charge in [-0.05, 0) is 17.7 Å². The summed E-state index contributed by atoms with van der Waals surface area (Å²) in [5.74, 6) is 1.67. The second-order valence-corrected chi connectivity index (χ2v) is 6.42. The molecule has 2 aliphatic rings. The number of thiazole rings is 1. The fourth-order valence-corrected chi connectivity index (χ4v) is 3.91. The van der Waals surface area contributed by atoms with Crippen molar-refractivity contribution >= 4 is 22.4 Å².